The van der Waals surface area contributed by atoms with Gasteiger partial charge in [0.25, 0.3) is 11.7 Å². The van der Waals surface area contributed by atoms with Gasteiger partial charge >= 0.3 is 0 Å². The quantitative estimate of drug-likeness (QED) is 0.587. The maximum atomic E-state index is 12.2. The number of fused-ring (bicyclic) bond motifs is 1. The first-order valence-corrected chi connectivity index (χ1v) is 8.29. The van der Waals surface area contributed by atoms with Crippen LogP contribution >= 0.6 is 15.9 Å². The average molecular weight is 338 g/mol. The van der Waals surface area contributed by atoms with Crippen LogP contribution in [0.3, 0.4) is 0 Å². The van der Waals surface area contributed by atoms with Gasteiger partial charge in [-0.05, 0) is 36.5 Å². The molecule has 1 atom stereocenters. The maximum absolute atomic E-state index is 12.2. The van der Waals surface area contributed by atoms with Crippen molar-refractivity contribution >= 4 is 33.3 Å². The van der Waals surface area contributed by atoms with E-state index in [4.69, 9.17) is 0 Å². The van der Waals surface area contributed by atoms with Crippen LogP contribution in [0.1, 0.15) is 42.6 Å². The molecule has 1 amide bonds. The van der Waals surface area contributed by atoms with Crippen LogP contribution in [0.15, 0.2) is 18.2 Å². The van der Waals surface area contributed by atoms with E-state index < -0.39 is 0 Å². The number of Topliss-reactive ketones (excluding diaryl/α,β-unsaturated/α-hetero) is 1. The van der Waals surface area contributed by atoms with Gasteiger partial charge < -0.3 is 4.90 Å². The topological polar surface area (TPSA) is 37.4 Å². The fraction of sp³-hybridized carbons (Fsp3) is 0.500. The molecule has 0 bridgehead atoms. The summed E-state index contributed by atoms with van der Waals surface area (Å²) in [5, 5.41) is 0.848. The summed E-state index contributed by atoms with van der Waals surface area (Å²) >= 11 is 3.50. The molecule has 0 spiro atoms. The molecular formula is C16H20BrNO2. The number of ketones is 1. The molecule has 0 fully saturated rings. The minimum absolute atomic E-state index is 0.361. The van der Waals surface area contributed by atoms with Gasteiger partial charge in [0.1, 0.15) is 0 Å². The van der Waals surface area contributed by atoms with Gasteiger partial charge in [-0.2, -0.15) is 0 Å². The molecule has 2 rings (SSSR count). The molecule has 1 heterocycles. The predicted molar refractivity (Wildman–Crippen MR) is 84.7 cm³/mol. The molecule has 0 radical (unpaired) electrons. The van der Waals surface area contributed by atoms with Crippen LogP contribution in [0.25, 0.3) is 0 Å². The number of carbonyl (C=O) groups is 2. The lowest BCUT2D eigenvalue weighted by Gasteiger charge is -2.22. The smallest absolute Gasteiger partial charge is 0.299 e. The molecule has 108 valence electrons. The molecule has 1 aromatic carbocycles. The van der Waals surface area contributed by atoms with E-state index in [0.717, 1.165) is 35.8 Å². The summed E-state index contributed by atoms with van der Waals surface area (Å²) in [5.74, 6) is -0.357. The highest BCUT2D eigenvalue weighted by Crippen LogP contribution is 2.31. The van der Waals surface area contributed by atoms with Crippen molar-refractivity contribution in [2.45, 2.75) is 33.1 Å². The minimum Gasteiger partial charge on any atom is -0.304 e. The van der Waals surface area contributed by atoms with Crippen LogP contribution in [-0.4, -0.2) is 23.6 Å². The second-order valence-corrected chi connectivity index (χ2v) is 5.91. The SMILES string of the molecule is CCCC(CBr)CN1C(=O)C(=O)c2cc(CC)ccc21. The molecule has 0 aromatic heterocycles. The zero-order chi connectivity index (χ0) is 14.7. The number of aryl methyl sites for hydroxylation is 1. The maximum Gasteiger partial charge on any atom is 0.299 e. The minimum atomic E-state index is -0.379. The van der Waals surface area contributed by atoms with E-state index >= 15 is 0 Å². The second-order valence-electron chi connectivity index (χ2n) is 5.26. The van der Waals surface area contributed by atoms with Gasteiger partial charge in [-0.1, -0.05) is 42.3 Å². The Balaban J connectivity index is 2.28. The number of anilines is 1. The van der Waals surface area contributed by atoms with Crippen LogP contribution in [0, 0.1) is 5.92 Å². The lowest BCUT2D eigenvalue weighted by molar-refractivity contribution is -0.114. The third-order valence-electron chi connectivity index (χ3n) is 3.80. The van der Waals surface area contributed by atoms with Gasteiger partial charge in [0.2, 0.25) is 0 Å². The van der Waals surface area contributed by atoms with Gasteiger partial charge in [0, 0.05) is 11.9 Å². The number of hydrogen-bond donors (Lipinski definition) is 0. The zero-order valence-electron chi connectivity index (χ0n) is 12.0. The number of rotatable bonds is 6. The number of benzene rings is 1. The van der Waals surface area contributed by atoms with E-state index in [-0.39, 0.29) is 11.7 Å². The van der Waals surface area contributed by atoms with Crippen LogP contribution in [-0.2, 0) is 11.2 Å². The highest BCUT2D eigenvalue weighted by molar-refractivity contribution is 9.09. The lowest BCUT2D eigenvalue weighted by Crippen LogP contribution is -2.34. The number of amides is 1. The summed E-state index contributed by atoms with van der Waals surface area (Å²) < 4.78 is 0. The number of nitrogens with zero attached hydrogens (tertiary/aromatic N) is 1. The molecule has 20 heavy (non-hydrogen) atoms. The van der Waals surface area contributed by atoms with Gasteiger partial charge in [-0.15, -0.1) is 0 Å². The Kier molecular flexibility index (Phi) is 4.97. The van der Waals surface area contributed by atoms with Gasteiger partial charge in [-0.25, -0.2) is 0 Å². The van der Waals surface area contributed by atoms with E-state index in [9.17, 15) is 9.59 Å². The van der Waals surface area contributed by atoms with Crippen molar-refractivity contribution < 1.29 is 9.59 Å². The molecule has 1 aliphatic rings. The number of alkyl halides is 1. The third-order valence-corrected chi connectivity index (χ3v) is 4.72. The first-order valence-electron chi connectivity index (χ1n) is 7.17. The number of halogens is 1. The Hall–Kier alpha value is -1.16. The first-order chi connectivity index (χ1) is 9.62. The Bertz CT molecular complexity index is 527. The van der Waals surface area contributed by atoms with Crippen molar-refractivity contribution in [2.75, 3.05) is 16.8 Å². The predicted octanol–water partition coefficient (Wildman–Crippen LogP) is 3.59. The summed E-state index contributed by atoms with van der Waals surface area (Å²) in [4.78, 5) is 25.9. The van der Waals surface area contributed by atoms with E-state index in [1.54, 1.807) is 4.90 Å². The Morgan fingerprint density at radius 2 is 2.00 bits per heavy atom. The normalized spacial score (nSPS) is 15.7. The van der Waals surface area contributed by atoms with Gasteiger partial charge in [-0.3, -0.25) is 9.59 Å². The van der Waals surface area contributed by atoms with E-state index in [1.165, 1.54) is 0 Å². The molecule has 0 saturated heterocycles. The standard InChI is InChI=1S/C16H20BrNO2/c1-3-5-12(9-17)10-18-14-7-6-11(4-2)8-13(14)15(19)16(18)20/h6-8,12H,3-5,9-10H2,1-2H3. The highest BCUT2D eigenvalue weighted by atomic mass is 79.9. The van der Waals surface area contributed by atoms with Crippen molar-refractivity contribution in [3.63, 3.8) is 0 Å². The Morgan fingerprint density at radius 3 is 2.60 bits per heavy atom. The van der Waals surface area contributed by atoms with Crippen LogP contribution < -0.4 is 4.90 Å². The molecule has 1 aliphatic heterocycles. The second kappa shape index (κ2) is 6.53. The molecule has 0 saturated carbocycles. The molecule has 1 aromatic rings. The Labute approximate surface area is 128 Å². The summed E-state index contributed by atoms with van der Waals surface area (Å²) in [6.45, 7) is 4.79. The van der Waals surface area contributed by atoms with Gasteiger partial charge in [0.15, 0.2) is 0 Å². The molecule has 4 heteroatoms. The summed E-state index contributed by atoms with van der Waals surface area (Å²) in [5.41, 5.74) is 2.44. The highest BCUT2D eigenvalue weighted by Gasteiger charge is 2.36. The van der Waals surface area contributed by atoms with Crippen molar-refractivity contribution in [1.82, 2.24) is 0 Å². The molecule has 3 nitrogen and oxygen atoms in total. The fourth-order valence-corrected chi connectivity index (χ4v) is 3.16. The van der Waals surface area contributed by atoms with Crippen molar-refractivity contribution in [3.8, 4) is 0 Å². The molecule has 0 aliphatic carbocycles. The van der Waals surface area contributed by atoms with Crippen molar-refractivity contribution in [3.05, 3.63) is 29.3 Å². The molecule has 0 N–H and O–H groups in total. The van der Waals surface area contributed by atoms with E-state index in [2.05, 4.69) is 22.9 Å². The molecular weight excluding hydrogens is 318 g/mol. The van der Waals surface area contributed by atoms with E-state index in [1.807, 2.05) is 25.1 Å². The van der Waals surface area contributed by atoms with Crippen LogP contribution in [0.4, 0.5) is 5.69 Å². The lowest BCUT2D eigenvalue weighted by atomic mass is 10.0. The van der Waals surface area contributed by atoms with Crippen molar-refractivity contribution in [2.24, 2.45) is 5.92 Å². The Morgan fingerprint density at radius 1 is 1.25 bits per heavy atom. The monoisotopic (exact) mass is 337 g/mol. The largest absolute Gasteiger partial charge is 0.304 e. The van der Waals surface area contributed by atoms with Crippen molar-refractivity contribution in [1.29, 1.82) is 0 Å². The van der Waals surface area contributed by atoms with Crippen LogP contribution in [0.2, 0.25) is 0 Å². The van der Waals surface area contributed by atoms with Gasteiger partial charge in [0.05, 0.1) is 11.3 Å². The van der Waals surface area contributed by atoms with E-state index in [0.29, 0.717) is 18.0 Å². The summed E-state index contributed by atoms with van der Waals surface area (Å²) in [6, 6.07) is 5.77. The first kappa shape index (κ1) is 15.2. The fourth-order valence-electron chi connectivity index (χ4n) is 2.63. The van der Waals surface area contributed by atoms with Crippen LogP contribution in [0.5, 0.6) is 0 Å². The number of carbonyl (C=O) groups excluding carboxylic acids is 2. The third kappa shape index (κ3) is 2.80. The summed E-state index contributed by atoms with van der Waals surface area (Å²) in [6.07, 6.45) is 2.99. The molecule has 1 unspecified atom stereocenters. The summed E-state index contributed by atoms with van der Waals surface area (Å²) in [7, 11) is 0. The average Bonchev–Trinajstić information content (AvgIpc) is 2.71. The zero-order valence-corrected chi connectivity index (χ0v) is 13.6. The number of hydrogen-bond acceptors (Lipinski definition) is 2.